The number of hydrogen-bond acceptors (Lipinski definition) is 2. The van der Waals surface area contributed by atoms with Gasteiger partial charge in [0.25, 0.3) is 0 Å². The summed E-state index contributed by atoms with van der Waals surface area (Å²) in [6.07, 6.45) is 3.86. The molecule has 116 valence electrons. The van der Waals surface area contributed by atoms with E-state index in [1.165, 1.54) is 49.0 Å². The first-order chi connectivity index (χ1) is 10.8. The van der Waals surface area contributed by atoms with Crippen molar-refractivity contribution in [2.75, 3.05) is 13.1 Å². The number of nitrogens with two attached hydrogens (primary N) is 1. The first-order valence-electron chi connectivity index (χ1n) is 8.37. The van der Waals surface area contributed by atoms with E-state index in [0.29, 0.717) is 6.54 Å². The maximum atomic E-state index is 5.73. The molecule has 0 unspecified atom stereocenters. The summed E-state index contributed by atoms with van der Waals surface area (Å²) >= 11 is 0. The first-order valence-corrected chi connectivity index (χ1v) is 8.37. The van der Waals surface area contributed by atoms with E-state index < -0.39 is 0 Å². The second-order valence-corrected chi connectivity index (χ2v) is 6.43. The van der Waals surface area contributed by atoms with Gasteiger partial charge in [-0.1, -0.05) is 54.6 Å². The van der Waals surface area contributed by atoms with Crippen LogP contribution in [-0.2, 0) is 19.5 Å². The first kappa shape index (κ1) is 15.3. The van der Waals surface area contributed by atoms with E-state index in [1.807, 2.05) is 0 Å². The Morgan fingerprint density at radius 3 is 2.27 bits per heavy atom. The average molecular weight is 294 g/mol. The molecule has 2 aromatic carbocycles. The summed E-state index contributed by atoms with van der Waals surface area (Å²) in [6, 6.07) is 19.6. The van der Waals surface area contributed by atoms with Crippen molar-refractivity contribution in [1.82, 2.24) is 4.90 Å². The van der Waals surface area contributed by atoms with Crippen LogP contribution in [0.3, 0.4) is 0 Å². The summed E-state index contributed by atoms with van der Waals surface area (Å²) in [5.41, 5.74) is 9.84. The van der Waals surface area contributed by atoms with Gasteiger partial charge < -0.3 is 5.73 Å². The Morgan fingerprint density at radius 1 is 0.864 bits per heavy atom. The average Bonchev–Trinajstić information content (AvgIpc) is 2.58. The van der Waals surface area contributed by atoms with E-state index in [0.717, 1.165) is 12.5 Å². The second-order valence-electron chi connectivity index (χ2n) is 6.43. The van der Waals surface area contributed by atoms with Crippen LogP contribution in [-0.4, -0.2) is 18.0 Å². The number of benzene rings is 2. The van der Waals surface area contributed by atoms with Gasteiger partial charge in [-0.2, -0.15) is 0 Å². The van der Waals surface area contributed by atoms with Gasteiger partial charge in [-0.25, -0.2) is 0 Å². The van der Waals surface area contributed by atoms with E-state index >= 15 is 0 Å². The molecule has 0 atom stereocenters. The van der Waals surface area contributed by atoms with Crippen molar-refractivity contribution in [1.29, 1.82) is 0 Å². The van der Waals surface area contributed by atoms with Crippen LogP contribution in [0.15, 0.2) is 54.6 Å². The second kappa shape index (κ2) is 7.57. The number of rotatable bonds is 5. The molecule has 0 saturated carbocycles. The lowest BCUT2D eigenvalue weighted by molar-refractivity contribution is 0.177. The van der Waals surface area contributed by atoms with Crippen LogP contribution in [0.5, 0.6) is 0 Å². The summed E-state index contributed by atoms with van der Waals surface area (Å²) in [6.45, 7) is 4.12. The molecule has 1 fully saturated rings. The van der Waals surface area contributed by atoms with Gasteiger partial charge in [0.15, 0.2) is 0 Å². The van der Waals surface area contributed by atoms with E-state index in [1.54, 1.807) is 0 Å². The van der Waals surface area contributed by atoms with Crippen molar-refractivity contribution in [3.63, 3.8) is 0 Å². The highest BCUT2D eigenvalue weighted by Crippen LogP contribution is 2.23. The highest BCUT2D eigenvalue weighted by molar-refractivity contribution is 5.23. The van der Waals surface area contributed by atoms with Crippen LogP contribution in [0.1, 0.15) is 29.5 Å². The fraction of sp³-hybridized carbons (Fsp3) is 0.400. The minimum absolute atomic E-state index is 0.632. The Balaban J connectivity index is 1.49. The van der Waals surface area contributed by atoms with Crippen molar-refractivity contribution < 1.29 is 0 Å². The zero-order chi connectivity index (χ0) is 15.2. The molecule has 0 spiro atoms. The van der Waals surface area contributed by atoms with Gasteiger partial charge in [0.1, 0.15) is 0 Å². The van der Waals surface area contributed by atoms with Gasteiger partial charge in [0.2, 0.25) is 0 Å². The molecular formula is C20H26N2. The molecule has 0 bridgehead atoms. The Hall–Kier alpha value is -1.64. The maximum Gasteiger partial charge on any atom is 0.0233 e. The van der Waals surface area contributed by atoms with Crippen molar-refractivity contribution in [3.8, 4) is 0 Å². The van der Waals surface area contributed by atoms with Crippen LogP contribution in [0.4, 0.5) is 0 Å². The molecule has 2 nitrogen and oxygen atoms in total. The van der Waals surface area contributed by atoms with Crippen molar-refractivity contribution in [2.24, 2.45) is 11.7 Å². The molecule has 0 aliphatic carbocycles. The molecule has 22 heavy (non-hydrogen) atoms. The van der Waals surface area contributed by atoms with Gasteiger partial charge in [-0.15, -0.1) is 0 Å². The lowest BCUT2D eigenvalue weighted by atomic mass is 9.90. The normalized spacial score (nSPS) is 16.8. The fourth-order valence-corrected chi connectivity index (χ4v) is 3.41. The largest absolute Gasteiger partial charge is 0.326 e. The van der Waals surface area contributed by atoms with Crippen molar-refractivity contribution >= 4 is 0 Å². The zero-order valence-corrected chi connectivity index (χ0v) is 13.2. The Bertz CT molecular complexity index is 571. The highest BCUT2D eigenvalue weighted by Gasteiger charge is 2.19. The lowest BCUT2D eigenvalue weighted by Crippen LogP contribution is -2.33. The predicted molar refractivity (Wildman–Crippen MR) is 92.5 cm³/mol. The fourth-order valence-electron chi connectivity index (χ4n) is 3.41. The van der Waals surface area contributed by atoms with Gasteiger partial charge in [-0.05, 0) is 55.0 Å². The van der Waals surface area contributed by atoms with E-state index in [-0.39, 0.29) is 0 Å². The molecular weight excluding hydrogens is 268 g/mol. The summed E-state index contributed by atoms with van der Waals surface area (Å²) in [7, 11) is 0. The minimum atomic E-state index is 0.632. The van der Waals surface area contributed by atoms with Crippen LogP contribution < -0.4 is 5.73 Å². The molecule has 1 saturated heterocycles. The van der Waals surface area contributed by atoms with Gasteiger partial charge in [0.05, 0.1) is 0 Å². The van der Waals surface area contributed by atoms with Crippen LogP contribution in [0.2, 0.25) is 0 Å². The van der Waals surface area contributed by atoms with E-state index in [2.05, 4.69) is 59.5 Å². The lowest BCUT2D eigenvalue weighted by Gasteiger charge is -2.32. The van der Waals surface area contributed by atoms with Crippen LogP contribution >= 0.6 is 0 Å². The smallest absolute Gasteiger partial charge is 0.0233 e. The third kappa shape index (κ3) is 4.19. The summed E-state index contributed by atoms with van der Waals surface area (Å²) in [4.78, 5) is 2.58. The number of likely N-dealkylation sites (tertiary alicyclic amines) is 1. The SMILES string of the molecule is NCc1cccc(CN2CCC(Cc3ccccc3)CC2)c1. The molecule has 0 amide bonds. The zero-order valence-electron chi connectivity index (χ0n) is 13.2. The molecule has 1 aliphatic rings. The third-order valence-electron chi connectivity index (χ3n) is 4.71. The van der Waals surface area contributed by atoms with Crippen LogP contribution in [0.25, 0.3) is 0 Å². The van der Waals surface area contributed by atoms with Crippen molar-refractivity contribution in [3.05, 3.63) is 71.3 Å². The molecule has 3 rings (SSSR count). The number of nitrogens with zero attached hydrogens (tertiary/aromatic N) is 1. The molecule has 2 heteroatoms. The Kier molecular flexibility index (Phi) is 5.25. The Morgan fingerprint density at radius 2 is 1.55 bits per heavy atom. The molecule has 2 N–H and O–H groups in total. The molecule has 0 aromatic heterocycles. The summed E-state index contributed by atoms with van der Waals surface area (Å²) in [5.74, 6) is 0.842. The molecule has 1 heterocycles. The van der Waals surface area contributed by atoms with Crippen LogP contribution in [0, 0.1) is 5.92 Å². The van der Waals surface area contributed by atoms with Gasteiger partial charge in [-0.3, -0.25) is 4.90 Å². The number of piperidine rings is 1. The monoisotopic (exact) mass is 294 g/mol. The Labute approximate surface area is 134 Å². The van der Waals surface area contributed by atoms with E-state index in [9.17, 15) is 0 Å². The summed E-state index contributed by atoms with van der Waals surface area (Å²) < 4.78 is 0. The number of hydrogen-bond donors (Lipinski definition) is 1. The third-order valence-corrected chi connectivity index (χ3v) is 4.71. The van der Waals surface area contributed by atoms with Crippen molar-refractivity contribution in [2.45, 2.75) is 32.4 Å². The highest BCUT2D eigenvalue weighted by atomic mass is 15.1. The van der Waals surface area contributed by atoms with E-state index in [4.69, 9.17) is 5.73 Å². The topological polar surface area (TPSA) is 29.3 Å². The predicted octanol–water partition coefficient (Wildman–Crippen LogP) is 3.60. The molecule has 1 aliphatic heterocycles. The minimum Gasteiger partial charge on any atom is -0.326 e. The quantitative estimate of drug-likeness (QED) is 0.913. The van der Waals surface area contributed by atoms with Gasteiger partial charge >= 0.3 is 0 Å². The maximum absolute atomic E-state index is 5.73. The molecule has 2 aromatic rings. The standard InChI is InChI=1S/C20H26N2/c21-15-19-7-4-8-20(14-19)16-22-11-9-18(10-12-22)13-17-5-2-1-3-6-17/h1-8,14,18H,9-13,15-16,21H2. The van der Waals surface area contributed by atoms with Gasteiger partial charge in [0, 0.05) is 13.1 Å². The molecule has 0 radical (unpaired) electrons. The summed E-state index contributed by atoms with van der Waals surface area (Å²) in [5, 5.41) is 0.